The predicted octanol–water partition coefficient (Wildman–Crippen LogP) is 1.77. The van der Waals surface area contributed by atoms with E-state index >= 15 is 0 Å². The van der Waals surface area contributed by atoms with Crippen LogP contribution in [0.4, 0.5) is 0 Å². The summed E-state index contributed by atoms with van der Waals surface area (Å²) in [6.45, 7) is 3.85. The molecule has 0 saturated carbocycles. The zero-order valence-corrected chi connectivity index (χ0v) is 11.3. The van der Waals surface area contributed by atoms with E-state index in [1.165, 1.54) is 6.26 Å². The second kappa shape index (κ2) is 5.42. The van der Waals surface area contributed by atoms with Crippen LogP contribution in [0.2, 0.25) is 0 Å². The number of rotatable bonds is 5. The average Bonchev–Trinajstić information content (AvgIpc) is 2.75. The minimum absolute atomic E-state index is 0.244. The number of benzene rings is 1. The molecule has 1 atom stereocenters. The SMILES string of the molecule is CC1(C)OC=C(COc2ccc([C@@H](N)C(=O)O)cc2)O1. The molecule has 6 nitrogen and oxygen atoms in total. The molecule has 0 amide bonds. The molecule has 0 fully saturated rings. The van der Waals surface area contributed by atoms with Crippen LogP contribution in [0.15, 0.2) is 36.3 Å². The molecule has 0 saturated heterocycles. The molecule has 1 aliphatic heterocycles. The van der Waals surface area contributed by atoms with Gasteiger partial charge in [-0.3, -0.25) is 4.79 Å². The summed E-state index contributed by atoms with van der Waals surface area (Å²) in [5.41, 5.74) is 6.02. The van der Waals surface area contributed by atoms with Crippen molar-refractivity contribution in [3.63, 3.8) is 0 Å². The Morgan fingerprint density at radius 3 is 2.55 bits per heavy atom. The van der Waals surface area contributed by atoms with Crippen LogP contribution < -0.4 is 10.5 Å². The van der Waals surface area contributed by atoms with Crippen LogP contribution >= 0.6 is 0 Å². The number of carboxylic acid groups (broad SMARTS) is 1. The first-order valence-corrected chi connectivity index (χ1v) is 6.14. The molecule has 0 aromatic heterocycles. The molecule has 0 aliphatic carbocycles. The van der Waals surface area contributed by atoms with Gasteiger partial charge in [0.1, 0.15) is 24.7 Å². The normalized spacial score (nSPS) is 17.6. The van der Waals surface area contributed by atoms with Gasteiger partial charge < -0.3 is 25.1 Å². The number of aliphatic carboxylic acids is 1. The van der Waals surface area contributed by atoms with E-state index in [1.807, 2.05) is 0 Å². The maximum absolute atomic E-state index is 10.8. The Kier molecular flexibility index (Phi) is 3.85. The van der Waals surface area contributed by atoms with Gasteiger partial charge in [-0.1, -0.05) is 12.1 Å². The first kappa shape index (κ1) is 14.2. The summed E-state index contributed by atoms with van der Waals surface area (Å²) in [6, 6.07) is 5.55. The van der Waals surface area contributed by atoms with Crippen LogP contribution in [0.5, 0.6) is 5.75 Å². The fourth-order valence-electron chi connectivity index (χ4n) is 1.70. The van der Waals surface area contributed by atoms with Crippen LogP contribution in [-0.4, -0.2) is 23.5 Å². The molecule has 1 aromatic carbocycles. The molecule has 0 spiro atoms. The maximum atomic E-state index is 10.8. The van der Waals surface area contributed by atoms with E-state index in [9.17, 15) is 4.79 Å². The lowest BCUT2D eigenvalue weighted by Gasteiger charge is -2.18. The van der Waals surface area contributed by atoms with Gasteiger partial charge in [0.15, 0.2) is 5.76 Å². The molecule has 0 radical (unpaired) electrons. The summed E-state index contributed by atoms with van der Waals surface area (Å²) < 4.78 is 16.3. The summed E-state index contributed by atoms with van der Waals surface area (Å²) in [5, 5.41) is 8.81. The number of nitrogens with two attached hydrogens (primary N) is 1. The van der Waals surface area contributed by atoms with E-state index in [4.69, 9.17) is 25.1 Å². The van der Waals surface area contributed by atoms with Crippen molar-refractivity contribution in [3.05, 3.63) is 41.9 Å². The van der Waals surface area contributed by atoms with Gasteiger partial charge >= 0.3 is 5.97 Å². The highest BCUT2D eigenvalue weighted by Gasteiger charge is 2.27. The van der Waals surface area contributed by atoms with E-state index in [1.54, 1.807) is 38.1 Å². The Labute approximate surface area is 116 Å². The zero-order valence-electron chi connectivity index (χ0n) is 11.3. The van der Waals surface area contributed by atoms with Crippen molar-refractivity contribution in [2.24, 2.45) is 5.73 Å². The van der Waals surface area contributed by atoms with Crippen molar-refractivity contribution in [1.82, 2.24) is 0 Å². The second-order valence-corrected chi connectivity index (χ2v) is 4.88. The number of hydrogen-bond acceptors (Lipinski definition) is 5. The predicted molar refractivity (Wildman–Crippen MR) is 70.8 cm³/mol. The average molecular weight is 279 g/mol. The molecule has 0 unspecified atom stereocenters. The van der Waals surface area contributed by atoms with Gasteiger partial charge in [-0.15, -0.1) is 0 Å². The van der Waals surface area contributed by atoms with Crippen molar-refractivity contribution in [2.45, 2.75) is 25.7 Å². The van der Waals surface area contributed by atoms with E-state index in [-0.39, 0.29) is 6.61 Å². The number of hydrogen-bond donors (Lipinski definition) is 2. The van der Waals surface area contributed by atoms with Gasteiger partial charge in [-0.25, -0.2) is 0 Å². The van der Waals surface area contributed by atoms with Crippen molar-refractivity contribution < 1.29 is 24.1 Å². The molecule has 2 rings (SSSR count). The summed E-state index contributed by atoms with van der Waals surface area (Å²) in [7, 11) is 0. The van der Waals surface area contributed by atoms with Crippen LogP contribution in [0.1, 0.15) is 25.5 Å². The second-order valence-electron chi connectivity index (χ2n) is 4.88. The van der Waals surface area contributed by atoms with Gasteiger partial charge in [0.05, 0.1) is 0 Å². The van der Waals surface area contributed by atoms with Gasteiger partial charge in [0.2, 0.25) is 5.79 Å². The molecule has 6 heteroatoms. The number of ether oxygens (including phenoxy) is 3. The standard InChI is InChI=1S/C14H17NO5/c1-14(2)19-8-11(20-14)7-18-10-5-3-9(4-6-10)12(15)13(16)17/h3-6,8,12H,7,15H2,1-2H3,(H,16,17)/t12-/m1/s1. The van der Waals surface area contributed by atoms with Crippen molar-refractivity contribution in [3.8, 4) is 5.75 Å². The molecule has 1 aliphatic rings. The van der Waals surface area contributed by atoms with Crippen LogP contribution in [0.3, 0.4) is 0 Å². The Morgan fingerprint density at radius 1 is 1.40 bits per heavy atom. The van der Waals surface area contributed by atoms with Gasteiger partial charge in [-0.2, -0.15) is 0 Å². The fraction of sp³-hybridized carbons (Fsp3) is 0.357. The van der Waals surface area contributed by atoms with E-state index < -0.39 is 17.8 Å². The lowest BCUT2D eigenvalue weighted by molar-refractivity contribution is -0.138. The largest absolute Gasteiger partial charge is 0.486 e. The van der Waals surface area contributed by atoms with Crippen molar-refractivity contribution >= 4 is 5.97 Å². The molecular formula is C14H17NO5. The molecule has 1 heterocycles. The third-order valence-electron chi connectivity index (χ3n) is 2.74. The van der Waals surface area contributed by atoms with Crippen LogP contribution in [0.25, 0.3) is 0 Å². The van der Waals surface area contributed by atoms with E-state index in [2.05, 4.69) is 0 Å². The third-order valence-corrected chi connectivity index (χ3v) is 2.74. The molecule has 3 N–H and O–H groups in total. The van der Waals surface area contributed by atoms with Crippen LogP contribution in [-0.2, 0) is 14.3 Å². The van der Waals surface area contributed by atoms with Crippen molar-refractivity contribution in [2.75, 3.05) is 6.61 Å². The zero-order chi connectivity index (χ0) is 14.8. The number of carboxylic acids is 1. The smallest absolute Gasteiger partial charge is 0.325 e. The third kappa shape index (κ3) is 3.42. The Balaban J connectivity index is 1.90. The van der Waals surface area contributed by atoms with Crippen LogP contribution in [0, 0.1) is 0 Å². The quantitative estimate of drug-likeness (QED) is 0.853. The Morgan fingerprint density at radius 2 is 2.05 bits per heavy atom. The van der Waals surface area contributed by atoms with Gasteiger partial charge in [0.25, 0.3) is 0 Å². The highest BCUT2D eigenvalue weighted by atomic mass is 16.7. The molecule has 0 bridgehead atoms. The summed E-state index contributed by atoms with van der Waals surface area (Å²) in [4.78, 5) is 10.8. The molecule has 20 heavy (non-hydrogen) atoms. The van der Waals surface area contributed by atoms with Gasteiger partial charge in [0, 0.05) is 13.8 Å². The number of carbonyl (C=O) groups is 1. The lowest BCUT2D eigenvalue weighted by atomic mass is 10.1. The molecule has 108 valence electrons. The van der Waals surface area contributed by atoms with Gasteiger partial charge in [-0.05, 0) is 17.7 Å². The monoisotopic (exact) mass is 279 g/mol. The fourth-order valence-corrected chi connectivity index (χ4v) is 1.70. The summed E-state index contributed by atoms with van der Waals surface area (Å²) in [5.74, 6) is -0.527. The Hall–Kier alpha value is -2.21. The first-order chi connectivity index (χ1) is 9.37. The lowest BCUT2D eigenvalue weighted by Crippen LogP contribution is -2.21. The first-order valence-electron chi connectivity index (χ1n) is 6.14. The highest BCUT2D eigenvalue weighted by Crippen LogP contribution is 2.25. The molecular weight excluding hydrogens is 262 g/mol. The highest BCUT2D eigenvalue weighted by molar-refractivity contribution is 5.75. The Bertz CT molecular complexity index is 521. The minimum Gasteiger partial charge on any atom is -0.486 e. The van der Waals surface area contributed by atoms with E-state index in [0.29, 0.717) is 17.1 Å². The van der Waals surface area contributed by atoms with Crippen molar-refractivity contribution in [1.29, 1.82) is 0 Å². The van der Waals surface area contributed by atoms with E-state index in [0.717, 1.165) is 0 Å². The maximum Gasteiger partial charge on any atom is 0.325 e. The summed E-state index contributed by atoms with van der Waals surface area (Å²) in [6.07, 6.45) is 1.52. The topological polar surface area (TPSA) is 91.0 Å². The summed E-state index contributed by atoms with van der Waals surface area (Å²) >= 11 is 0. The molecule has 1 aromatic rings. The minimum atomic E-state index is -1.07.